The Bertz CT molecular complexity index is 652. The van der Waals surface area contributed by atoms with E-state index in [2.05, 4.69) is 20.1 Å². The predicted octanol–water partition coefficient (Wildman–Crippen LogP) is 1.22. The van der Waals surface area contributed by atoms with Crippen LogP contribution >= 0.6 is 0 Å². The number of anilines is 1. The fourth-order valence-corrected chi connectivity index (χ4v) is 2.91. The van der Waals surface area contributed by atoms with E-state index in [0.717, 1.165) is 50.7 Å². The van der Waals surface area contributed by atoms with Crippen molar-refractivity contribution in [2.75, 3.05) is 45.2 Å². The highest BCUT2D eigenvalue weighted by Gasteiger charge is 2.20. The van der Waals surface area contributed by atoms with Gasteiger partial charge in [0.15, 0.2) is 0 Å². The summed E-state index contributed by atoms with van der Waals surface area (Å²) < 4.78 is 0. The molecule has 2 aromatic rings. The smallest absolute Gasteiger partial charge is 0.255 e. The minimum Gasteiger partial charge on any atom is -0.363 e. The molecule has 3 heterocycles. The Morgan fingerprint density at radius 1 is 1.21 bits per heavy atom. The minimum absolute atomic E-state index is 0.0659. The fraction of sp³-hybridized carbons (Fsp3) is 0.471. The van der Waals surface area contributed by atoms with Gasteiger partial charge < -0.3 is 9.80 Å². The molecule has 0 unspecified atom stereocenters. The molecular formula is C17H24N6O. The van der Waals surface area contributed by atoms with Gasteiger partial charge in [-0.05, 0) is 24.6 Å². The lowest BCUT2D eigenvalue weighted by atomic mass is 10.2. The first-order chi connectivity index (χ1) is 11.6. The molecule has 0 spiro atoms. The van der Waals surface area contributed by atoms with Crippen LogP contribution in [0.4, 0.5) is 5.82 Å². The highest BCUT2D eigenvalue weighted by atomic mass is 16.2. The van der Waals surface area contributed by atoms with Crippen LogP contribution in [-0.2, 0) is 6.54 Å². The van der Waals surface area contributed by atoms with Gasteiger partial charge in [0.1, 0.15) is 5.82 Å². The van der Waals surface area contributed by atoms with E-state index in [9.17, 15) is 4.79 Å². The standard InChI is InChI=1S/C17H24N6O/c1-21(2)16-5-4-14(12-18-16)17(24)23-9-3-8-22(10-11-23)13-15-6-7-19-20-15/h4-7,12H,3,8-11,13H2,1-2H3,(H,19,20). The third-order valence-electron chi connectivity index (χ3n) is 4.28. The van der Waals surface area contributed by atoms with E-state index in [1.165, 1.54) is 0 Å². The number of pyridine rings is 1. The van der Waals surface area contributed by atoms with Crippen molar-refractivity contribution in [2.45, 2.75) is 13.0 Å². The second-order valence-electron chi connectivity index (χ2n) is 6.30. The first-order valence-electron chi connectivity index (χ1n) is 8.27. The van der Waals surface area contributed by atoms with Crippen LogP contribution in [0, 0.1) is 0 Å². The average Bonchev–Trinajstić information content (AvgIpc) is 2.99. The number of hydrogen-bond acceptors (Lipinski definition) is 5. The maximum atomic E-state index is 12.7. The number of hydrogen-bond donors (Lipinski definition) is 1. The van der Waals surface area contributed by atoms with Crippen LogP contribution in [0.3, 0.4) is 0 Å². The first-order valence-corrected chi connectivity index (χ1v) is 8.27. The first kappa shape index (κ1) is 16.4. The molecule has 0 saturated carbocycles. The van der Waals surface area contributed by atoms with E-state index >= 15 is 0 Å². The predicted molar refractivity (Wildman–Crippen MR) is 92.9 cm³/mol. The van der Waals surface area contributed by atoms with Gasteiger partial charge in [0.25, 0.3) is 5.91 Å². The van der Waals surface area contributed by atoms with Crippen molar-refractivity contribution >= 4 is 11.7 Å². The summed E-state index contributed by atoms with van der Waals surface area (Å²) in [6.07, 6.45) is 4.42. The summed E-state index contributed by atoms with van der Waals surface area (Å²) in [6, 6.07) is 5.74. The largest absolute Gasteiger partial charge is 0.363 e. The van der Waals surface area contributed by atoms with Gasteiger partial charge >= 0.3 is 0 Å². The number of nitrogens with one attached hydrogen (secondary N) is 1. The van der Waals surface area contributed by atoms with Gasteiger partial charge in [0.05, 0.1) is 5.56 Å². The molecule has 7 heteroatoms. The summed E-state index contributed by atoms with van der Waals surface area (Å²) in [7, 11) is 3.87. The van der Waals surface area contributed by atoms with Crippen molar-refractivity contribution in [3.63, 3.8) is 0 Å². The van der Waals surface area contributed by atoms with E-state index in [0.29, 0.717) is 5.56 Å². The number of aromatic nitrogens is 3. The lowest BCUT2D eigenvalue weighted by Gasteiger charge is -2.22. The maximum absolute atomic E-state index is 12.7. The number of carbonyl (C=O) groups is 1. The third kappa shape index (κ3) is 3.91. The summed E-state index contributed by atoms with van der Waals surface area (Å²) in [5.74, 6) is 0.921. The van der Waals surface area contributed by atoms with E-state index in [-0.39, 0.29) is 5.91 Å². The molecule has 1 fully saturated rings. The zero-order valence-corrected chi connectivity index (χ0v) is 14.3. The van der Waals surface area contributed by atoms with Crippen LogP contribution in [0.15, 0.2) is 30.6 Å². The summed E-state index contributed by atoms with van der Waals surface area (Å²) in [5.41, 5.74) is 1.76. The third-order valence-corrected chi connectivity index (χ3v) is 4.28. The quantitative estimate of drug-likeness (QED) is 0.914. The molecule has 1 aliphatic rings. The molecule has 24 heavy (non-hydrogen) atoms. The van der Waals surface area contributed by atoms with Gasteiger partial charge in [0.2, 0.25) is 0 Å². The van der Waals surface area contributed by atoms with Gasteiger partial charge in [-0.15, -0.1) is 0 Å². The van der Waals surface area contributed by atoms with Crippen molar-refractivity contribution in [3.05, 3.63) is 41.9 Å². The number of rotatable bonds is 4. The Labute approximate surface area is 142 Å². The highest BCUT2D eigenvalue weighted by Crippen LogP contribution is 2.13. The Kier molecular flexibility index (Phi) is 5.10. The van der Waals surface area contributed by atoms with Crippen molar-refractivity contribution < 1.29 is 4.79 Å². The molecule has 1 amide bonds. The number of nitrogens with zero attached hydrogens (tertiary/aromatic N) is 5. The molecule has 0 aromatic carbocycles. The SMILES string of the molecule is CN(C)c1ccc(C(=O)N2CCCN(Cc3ccn[nH]3)CC2)cn1. The number of carbonyl (C=O) groups excluding carboxylic acids is 1. The summed E-state index contributed by atoms with van der Waals surface area (Å²) in [5, 5.41) is 6.98. The van der Waals surface area contributed by atoms with Crippen LogP contribution in [0.2, 0.25) is 0 Å². The molecular weight excluding hydrogens is 304 g/mol. The van der Waals surface area contributed by atoms with Gasteiger partial charge in [-0.3, -0.25) is 14.8 Å². The maximum Gasteiger partial charge on any atom is 0.255 e. The van der Waals surface area contributed by atoms with Crippen LogP contribution in [0.5, 0.6) is 0 Å². The second kappa shape index (κ2) is 7.44. The Morgan fingerprint density at radius 2 is 2.08 bits per heavy atom. The summed E-state index contributed by atoms with van der Waals surface area (Å²) >= 11 is 0. The average molecular weight is 328 g/mol. The van der Waals surface area contributed by atoms with Crippen LogP contribution < -0.4 is 4.90 Å². The van der Waals surface area contributed by atoms with Crippen LogP contribution in [-0.4, -0.2) is 71.2 Å². The van der Waals surface area contributed by atoms with E-state index in [1.54, 1.807) is 12.4 Å². The van der Waals surface area contributed by atoms with Crippen molar-refractivity contribution in [1.82, 2.24) is 25.0 Å². The molecule has 2 aromatic heterocycles. The van der Waals surface area contributed by atoms with Gasteiger partial charge in [0, 0.05) is 64.9 Å². The molecule has 1 N–H and O–H groups in total. The molecule has 1 aliphatic heterocycles. The molecule has 0 atom stereocenters. The highest BCUT2D eigenvalue weighted by molar-refractivity contribution is 5.94. The normalized spacial score (nSPS) is 16.0. The molecule has 0 aliphatic carbocycles. The summed E-state index contributed by atoms with van der Waals surface area (Å²) in [4.78, 5) is 23.2. The number of amides is 1. The van der Waals surface area contributed by atoms with Crippen LogP contribution in [0.25, 0.3) is 0 Å². The van der Waals surface area contributed by atoms with Gasteiger partial charge in [-0.25, -0.2) is 4.98 Å². The van der Waals surface area contributed by atoms with Crippen molar-refractivity contribution in [1.29, 1.82) is 0 Å². The number of aromatic amines is 1. The Hall–Kier alpha value is -2.41. The molecule has 0 bridgehead atoms. The van der Waals surface area contributed by atoms with E-state index in [4.69, 9.17) is 0 Å². The zero-order valence-electron chi connectivity index (χ0n) is 14.3. The Balaban J connectivity index is 1.59. The van der Waals surface area contributed by atoms with Crippen molar-refractivity contribution in [2.24, 2.45) is 0 Å². The lowest BCUT2D eigenvalue weighted by Crippen LogP contribution is -2.35. The van der Waals surface area contributed by atoms with Crippen molar-refractivity contribution in [3.8, 4) is 0 Å². The summed E-state index contributed by atoms with van der Waals surface area (Å²) in [6.45, 7) is 4.23. The molecule has 128 valence electrons. The molecule has 3 rings (SSSR count). The minimum atomic E-state index is 0.0659. The fourth-order valence-electron chi connectivity index (χ4n) is 2.91. The van der Waals surface area contributed by atoms with Crippen LogP contribution in [0.1, 0.15) is 22.5 Å². The van der Waals surface area contributed by atoms with E-state index in [1.807, 2.05) is 42.1 Å². The number of H-pyrrole nitrogens is 1. The molecule has 0 radical (unpaired) electrons. The lowest BCUT2D eigenvalue weighted by molar-refractivity contribution is 0.0760. The van der Waals surface area contributed by atoms with Gasteiger partial charge in [-0.1, -0.05) is 0 Å². The molecule has 1 saturated heterocycles. The van der Waals surface area contributed by atoms with E-state index < -0.39 is 0 Å². The zero-order chi connectivity index (χ0) is 16.9. The topological polar surface area (TPSA) is 68.4 Å². The molecule has 7 nitrogen and oxygen atoms in total. The Morgan fingerprint density at radius 3 is 2.75 bits per heavy atom. The monoisotopic (exact) mass is 328 g/mol. The van der Waals surface area contributed by atoms with Gasteiger partial charge in [-0.2, -0.15) is 5.10 Å². The second-order valence-corrected chi connectivity index (χ2v) is 6.30.